The molecule has 0 saturated carbocycles. The first-order valence-corrected chi connectivity index (χ1v) is 5.96. The second-order valence-corrected chi connectivity index (χ2v) is 4.38. The Bertz CT molecular complexity index is 351. The van der Waals surface area contributed by atoms with Gasteiger partial charge in [-0.25, -0.2) is 4.98 Å². The van der Waals surface area contributed by atoms with Crippen molar-refractivity contribution in [3.8, 4) is 0 Å². The van der Waals surface area contributed by atoms with E-state index in [1.807, 2.05) is 12.1 Å². The highest BCUT2D eigenvalue weighted by molar-refractivity contribution is 5.62. The van der Waals surface area contributed by atoms with Crippen molar-refractivity contribution in [2.24, 2.45) is 0 Å². The fourth-order valence-electron chi connectivity index (χ4n) is 1.66. The Labute approximate surface area is 103 Å². The monoisotopic (exact) mass is 237 g/mol. The van der Waals surface area contributed by atoms with Crippen LogP contribution in [0.15, 0.2) is 12.1 Å². The van der Waals surface area contributed by atoms with Crippen LogP contribution >= 0.6 is 0 Å². The Morgan fingerprint density at radius 1 is 1.18 bits per heavy atom. The van der Waals surface area contributed by atoms with Crippen LogP contribution < -0.4 is 16.4 Å². The molecule has 0 spiro atoms. The van der Waals surface area contributed by atoms with Gasteiger partial charge in [-0.05, 0) is 46.1 Å². The average molecular weight is 237 g/mol. The maximum atomic E-state index is 5.72. The summed E-state index contributed by atoms with van der Waals surface area (Å²) >= 11 is 0. The molecule has 0 atom stereocenters. The van der Waals surface area contributed by atoms with Crippen LogP contribution in [0.4, 0.5) is 17.3 Å². The summed E-state index contributed by atoms with van der Waals surface area (Å²) in [7, 11) is 4.16. The summed E-state index contributed by atoms with van der Waals surface area (Å²) < 4.78 is 0. The molecule has 0 saturated heterocycles. The smallest absolute Gasteiger partial charge is 0.149 e. The van der Waals surface area contributed by atoms with Gasteiger partial charge in [0.05, 0.1) is 5.69 Å². The van der Waals surface area contributed by atoms with Gasteiger partial charge in [0.2, 0.25) is 0 Å². The molecule has 0 unspecified atom stereocenters. The number of nitrogen functional groups attached to an aromatic ring is 2. The molecule has 0 aliphatic heterocycles. The van der Waals surface area contributed by atoms with Gasteiger partial charge in [-0.3, -0.25) is 0 Å². The Hall–Kier alpha value is -1.49. The summed E-state index contributed by atoms with van der Waals surface area (Å²) in [4.78, 5) is 8.69. The van der Waals surface area contributed by atoms with Gasteiger partial charge in [0, 0.05) is 13.1 Å². The number of pyridine rings is 1. The number of hydrogen-bond acceptors (Lipinski definition) is 5. The largest absolute Gasteiger partial charge is 0.396 e. The van der Waals surface area contributed by atoms with Crippen molar-refractivity contribution in [2.45, 2.75) is 13.3 Å². The van der Waals surface area contributed by atoms with Crippen LogP contribution in [0.25, 0.3) is 0 Å². The second kappa shape index (κ2) is 6.30. The molecule has 0 aromatic carbocycles. The van der Waals surface area contributed by atoms with E-state index in [4.69, 9.17) is 11.5 Å². The van der Waals surface area contributed by atoms with Crippen molar-refractivity contribution in [3.63, 3.8) is 0 Å². The van der Waals surface area contributed by atoms with Crippen molar-refractivity contribution < 1.29 is 0 Å². The number of rotatable bonds is 6. The van der Waals surface area contributed by atoms with Gasteiger partial charge in [-0.15, -0.1) is 0 Å². The Kier molecular flexibility index (Phi) is 5.03. The molecule has 1 aromatic rings. The van der Waals surface area contributed by atoms with Crippen LogP contribution in [0.3, 0.4) is 0 Å². The Morgan fingerprint density at radius 3 is 2.41 bits per heavy atom. The minimum absolute atomic E-state index is 0.411. The predicted molar refractivity (Wildman–Crippen MR) is 74.1 cm³/mol. The minimum Gasteiger partial charge on any atom is -0.396 e. The SMILES string of the molecule is CCN(CCCN(C)C)c1ccc(N)c(N)n1. The Morgan fingerprint density at radius 2 is 1.88 bits per heavy atom. The standard InChI is InChI=1S/C12H23N5/c1-4-17(9-5-8-16(2)3)11-7-6-10(13)12(14)15-11/h6-7H,4-5,8-9,13H2,1-3H3,(H2,14,15). The van der Waals surface area contributed by atoms with Gasteiger partial charge in [0.1, 0.15) is 11.6 Å². The molecule has 5 nitrogen and oxygen atoms in total. The topological polar surface area (TPSA) is 71.4 Å². The van der Waals surface area contributed by atoms with Gasteiger partial charge >= 0.3 is 0 Å². The lowest BCUT2D eigenvalue weighted by Gasteiger charge is -2.23. The van der Waals surface area contributed by atoms with E-state index in [1.165, 1.54) is 0 Å². The average Bonchev–Trinajstić information content (AvgIpc) is 2.28. The molecule has 17 heavy (non-hydrogen) atoms. The Balaban J connectivity index is 2.62. The zero-order chi connectivity index (χ0) is 12.8. The van der Waals surface area contributed by atoms with Crippen LogP contribution in [-0.2, 0) is 0 Å². The summed E-state index contributed by atoms with van der Waals surface area (Å²) in [6.45, 7) is 5.08. The highest BCUT2D eigenvalue weighted by atomic mass is 15.2. The molecule has 0 bridgehead atoms. The number of nitrogens with zero attached hydrogens (tertiary/aromatic N) is 3. The molecule has 1 aromatic heterocycles. The van der Waals surface area contributed by atoms with E-state index in [0.29, 0.717) is 11.5 Å². The van der Waals surface area contributed by atoms with Crippen molar-refractivity contribution in [1.29, 1.82) is 0 Å². The minimum atomic E-state index is 0.411. The third-order valence-corrected chi connectivity index (χ3v) is 2.68. The van der Waals surface area contributed by atoms with Crippen LogP contribution in [0.1, 0.15) is 13.3 Å². The molecule has 0 aliphatic rings. The zero-order valence-corrected chi connectivity index (χ0v) is 11.0. The van der Waals surface area contributed by atoms with Crippen molar-refractivity contribution in [2.75, 3.05) is 50.1 Å². The number of aromatic nitrogens is 1. The molecule has 0 radical (unpaired) electrons. The van der Waals surface area contributed by atoms with E-state index in [1.54, 1.807) is 0 Å². The van der Waals surface area contributed by atoms with E-state index in [0.717, 1.165) is 31.9 Å². The maximum absolute atomic E-state index is 5.72. The first kappa shape index (κ1) is 13.6. The number of anilines is 3. The molecule has 1 heterocycles. The molecule has 4 N–H and O–H groups in total. The van der Waals surface area contributed by atoms with E-state index in [2.05, 4.69) is 35.8 Å². The van der Waals surface area contributed by atoms with Crippen LogP contribution in [-0.4, -0.2) is 43.6 Å². The first-order chi connectivity index (χ1) is 8.04. The van der Waals surface area contributed by atoms with Gasteiger partial charge in [-0.2, -0.15) is 0 Å². The van der Waals surface area contributed by atoms with E-state index in [-0.39, 0.29) is 0 Å². The van der Waals surface area contributed by atoms with E-state index in [9.17, 15) is 0 Å². The fourth-order valence-corrected chi connectivity index (χ4v) is 1.66. The summed E-state index contributed by atoms with van der Waals surface area (Å²) in [5.74, 6) is 1.31. The van der Waals surface area contributed by atoms with Gasteiger partial charge < -0.3 is 21.3 Å². The highest BCUT2D eigenvalue weighted by Gasteiger charge is 2.07. The second-order valence-electron chi connectivity index (χ2n) is 4.38. The van der Waals surface area contributed by atoms with E-state index < -0.39 is 0 Å². The molecule has 1 rings (SSSR count). The third-order valence-electron chi connectivity index (χ3n) is 2.68. The molecule has 0 fully saturated rings. The number of hydrogen-bond donors (Lipinski definition) is 2. The van der Waals surface area contributed by atoms with Crippen molar-refractivity contribution in [3.05, 3.63) is 12.1 Å². The van der Waals surface area contributed by atoms with Gasteiger partial charge in [-0.1, -0.05) is 0 Å². The lowest BCUT2D eigenvalue weighted by Crippen LogP contribution is -2.28. The summed E-state index contributed by atoms with van der Waals surface area (Å²) in [5, 5.41) is 0. The molecule has 0 amide bonds. The molecule has 96 valence electrons. The number of nitrogens with two attached hydrogens (primary N) is 2. The van der Waals surface area contributed by atoms with Crippen LogP contribution in [0.5, 0.6) is 0 Å². The van der Waals surface area contributed by atoms with Crippen LogP contribution in [0, 0.1) is 0 Å². The van der Waals surface area contributed by atoms with Crippen molar-refractivity contribution in [1.82, 2.24) is 9.88 Å². The fraction of sp³-hybridized carbons (Fsp3) is 0.583. The molecular formula is C12H23N5. The zero-order valence-electron chi connectivity index (χ0n) is 11.0. The van der Waals surface area contributed by atoms with Crippen LogP contribution in [0.2, 0.25) is 0 Å². The maximum Gasteiger partial charge on any atom is 0.149 e. The van der Waals surface area contributed by atoms with Crippen molar-refractivity contribution >= 4 is 17.3 Å². The van der Waals surface area contributed by atoms with Gasteiger partial charge in [0.15, 0.2) is 0 Å². The predicted octanol–water partition coefficient (Wildman–Crippen LogP) is 1.02. The normalized spacial score (nSPS) is 10.8. The summed E-state index contributed by atoms with van der Waals surface area (Å²) in [6.07, 6.45) is 1.10. The lowest BCUT2D eigenvalue weighted by atomic mass is 10.3. The summed E-state index contributed by atoms with van der Waals surface area (Å²) in [6, 6.07) is 3.73. The first-order valence-electron chi connectivity index (χ1n) is 5.96. The molecular weight excluding hydrogens is 214 g/mol. The molecule has 0 aliphatic carbocycles. The van der Waals surface area contributed by atoms with Gasteiger partial charge in [0.25, 0.3) is 0 Å². The highest BCUT2D eigenvalue weighted by Crippen LogP contribution is 2.18. The lowest BCUT2D eigenvalue weighted by molar-refractivity contribution is 0.400. The summed E-state index contributed by atoms with van der Waals surface area (Å²) in [5.41, 5.74) is 11.9. The van der Waals surface area contributed by atoms with E-state index >= 15 is 0 Å². The molecule has 5 heteroatoms. The third kappa shape index (κ3) is 4.11. The quantitative estimate of drug-likeness (QED) is 0.773.